The van der Waals surface area contributed by atoms with Gasteiger partial charge < -0.3 is 19.7 Å². The van der Waals surface area contributed by atoms with E-state index in [1.165, 1.54) is 12.5 Å². The summed E-state index contributed by atoms with van der Waals surface area (Å²) in [7, 11) is 0. The molecule has 0 radical (unpaired) electrons. The van der Waals surface area contributed by atoms with Gasteiger partial charge in [-0.3, -0.25) is 4.79 Å². The van der Waals surface area contributed by atoms with Gasteiger partial charge in [0, 0.05) is 12.8 Å². The molecule has 1 saturated carbocycles. The molecule has 0 spiro atoms. The lowest BCUT2D eigenvalue weighted by Gasteiger charge is -2.36. The lowest BCUT2D eigenvalue weighted by Crippen LogP contribution is -2.38. The molecule has 3 rings (SSSR count). The Hall–Kier alpha value is -1.17. The minimum Gasteiger partial charge on any atom is -0.462 e. The summed E-state index contributed by atoms with van der Waals surface area (Å²) in [6, 6.07) is 0. The van der Waals surface area contributed by atoms with Crippen molar-refractivity contribution in [3.05, 3.63) is 22.8 Å². The molecule has 152 valence electrons. The Bertz CT molecular complexity index is 633. The van der Waals surface area contributed by atoms with Crippen LogP contribution in [0.5, 0.6) is 0 Å². The van der Waals surface area contributed by atoms with Crippen LogP contribution < -0.4 is 0 Å². The largest absolute Gasteiger partial charge is 0.462 e. The number of ether oxygens (including phenoxy) is 2. The Morgan fingerprint density at radius 1 is 1.22 bits per heavy atom. The third-order valence-electron chi connectivity index (χ3n) is 6.56. The molecule has 0 amide bonds. The number of carbonyl (C=O) groups excluding carboxylic acids is 1. The molecule has 0 unspecified atom stereocenters. The highest BCUT2D eigenvalue weighted by Gasteiger charge is 2.55. The molecular formula is C22H34O5. The summed E-state index contributed by atoms with van der Waals surface area (Å²) in [4.78, 5) is 11.8. The molecule has 0 aromatic carbocycles. The lowest BCUT2D eigenvalue weighted by molar-refractivity contribution is -0.162. The minimum absolute atomic E-state index is 0.134. The van der Waals surface area contributed by atoms with E-state index in [2.05, 4.69) is 33.8 Å². The molecule has 0 saturated heterocycles. The second-order valence-corrected chi connectivity index (χ2v) is 8.98. The van der Waals surface area contributed by atoms with Crippen molar-refractivity contribution >= 4 is 5.97 Å². The van der Waals surface area contributed by atoms with E-state index in [0.717, 1.165) is 36.8 Å². The van der Waals surface area contributed by atoms with Crippen molar-refractivity contribution in [1.29, 1.82) is 0 Å². The molecule has 5 nitrogen and oxygen atoms in total. The normalized spacial score (nSPS) is 39.0. The molecule has 1 heterocycles. The topological polar surface area (TPSA) is 76.0 Å². The third kappa shape index (κ3) is 4.30. The summed E-state index contributed by atoms with van der Waals surface area (Å²) in [5.41, 5.74) is 2.92. The molecule has 5 heteroatoms. The van der Waals surface area contributed by atoms with Crippen LogP contribution in [0.25, 0.3) is 0 Å². The van der Waals surface area contributed by atoms with Crippen molar-refractivity contribution in [2.75, 3.05) is 0 Å². The molecule has 2 aliphatic carbocycles. The molecule has 2 N–H and O–H groups in total. The number of aliphatic hydroxyl groups excluding tert-OH is 2. The predicted molar refractivity (Wildman–Crippen MR) is 102 cm³/mol. The quantitative estimate of drug-likeness (QED) is 0.565. The highest BCUT2D eigenvalue weighted by atomic mass is 16.7. The van der Waals surface area contributed by atoms with Gasteiger partial charge in [-0.05, 0) is 74.3 Å². The van der Waals surface area contributed by atoms with Crippen LogP contribution in [0.15, 0.2) is 22.8 Å². The first-order valence-electron chi connectivity index (χ1n) is 10.3. The van der Waals surface area contributed by atoms with Gasteiger partial charge in [-0.2, -0.15) is 0 Å². The van der Waals surface area contributed by atoms with Crippen LogP contribution in [0, 0.1) is 29.6 Å². The zero-order chi connectivity index (χ0) is 19.9. The number of allylic oxidation sites excluding steroid dienone is 2. The van der Waals surface area contributed by atoms with E-state index in [0.29, 0.717) is 11.8 Å². The monoisotopic (exact) mass is 378 g/mol. The lowest BCUT2D eigenvalue weighted by atomic mass is 9.73. The van der Waals surface area contributed by atoms with E-state index < -0.39 is 12.6 Å². The number of fused-ring (bicyclic) bond motifs is 2. The van der Waals surface area contributed by atoms with E-state index in [1.807, 2.05) is 0 Å². The Labute approximate surface area is 162 Å². The van der Waals surface area contributed by atoms with Crippen molar-refractivity contribution in [2.24, 2.45) is 29.6 Å². The molecule has 1 fully saturated rings. The fourth-order valence-electron chi connectivity index (χ4n) is 5.22. The molecule has 1 aliphatic heterocycles. The summed E-state index contributed by atoms with van der Waals surface area (Å²) < 4.78 is 11.2. The Morgan fingerprint density at radius 3 is 2.52 bits per heavy atom. The van der Waals surface area contributed by atoms with Gasteiger partial charge >= 0.3 is 5.97 Å². The van der Waals surface area contributed by atoms with Crippen molar-refractivity contribution < 1.29 is 24.5 Å². The van der Waals surface area contributed by atoms with Crippen molar-refractivity contribution in [2.45, 2.75) is 79.0 Å². The van der Waals surface area contributed by atoms with Crippen LogP contribution in [0.1, 0.15) is 60.3 Å². The number of rotatable bonds is 5. The molecule has 0 bridgehead atoms. The van der Waals surface area contributed by atoms with Crippen LogP contribution in [-0.4, -0.2) is 34.9 Å². The highest BCUT2D eigenvalue weighted by molar-refractivity contribution is 5.66. The number of carbonyl (C=O) groups is 1. The van der Waals surface area contributed by atoms with Gasteiger partial charge in [0.2, 0.25) is 0 Å². The maximum absolute atomic E-state index is 11.8. The van der Waals surface area contributed by atoms with Gasteiger partial charge in [-0.25, -0.2) is 0 Å². The smallest absolute Gasteiger partial charge is 0.302 e. The maximum Gasteiger partial charge on any atom is 0.302 e. The number of aliphatic hydroxyl groups is 2. The summed E-state index contributed by atoms with van der Waals surface area (Å²) in [6.07, 6.45) is 3.43. The zero-order valence-electron chi connectivity index (χ0n) is 17.1. The van der Waals surface area contributed by atoms with Gasteiger partial charge in [-0.1, -0.05) is 25.5 Å². The first kappa shape index (κ1) is 20.6. The summed E-state index contributed by atoms with van der Waals surface area (Å²) in [5, 5.41) is 21.1. The van der Waals surface area contributed by atoms with E-state index in [9.17, 15) is 15.0 Å². The van der Waals surface area contributed by atoms with Crippen molar-refractivity contribution in [3.8, 4) is 0 Å². The molecule has 0 aromatic rings. The number of hydrogen-bond donors (Lipinski definition) is 2. The standard InChI is InChI=1S/C22H34O5/c1-11(2)7-6-8-12(3)18-17(26-14(5)23)9-13(4)15-10-16(15)19-20(18)22(25)27-21(19)24/h7,12-13,15-18,21-22,24-25H,6,8-10H2,1-5H3/t12-,13-,15+,16+,17-,18-,21+,22-/m1/s1. The van der Waals surface area contributed by atoms with Gasteiger partial charge in [0.15, 0.2) is 12.6 Å². The van der Waals surface area contributed by atoms with E-state index in [-0.39, 0.29) is 29.8 Å². The van der Waals surface area contributed by atoms with Crippen LogP contribution in [0.3, 0.4) is 0 Å². The zero-order valence-corrected chi connectivity index (χ0v) is 17.1. The van der Waals surface area contributed by atoms with Gasteiger partial charge in [0.1, 0.15) is 6.10 Å². The van der Waals surface area contributed by atoms with Crippen LogP contribution >= 0.6 is 0 Å². The van der Waals surface area contributed by atoms with Gasteiger partial charge in [-0.15, -0.1) is 0 Å². The molecule has 8 atom stereocenters. The number of esters is 1. The Balaban J connectivity index is 1.97. The van der Waals surface area contributed by atoms with E-state index in [4.69, 9.17) is 9.47 Å². The predicted octanol–water partition coefficient (Wildman–Crippen LogP) is 3.56. The summed E-state index contributed by atoms with van der Waals surface area (Å²) in [6.45, 7) is 9.97. The third-order valence-corrected chi connectivity index (χ3v) is 6.56. The van der Waals surface area contributed by atoms with Crippen molar-refractivity contribution in [3.63, 3.8) is 0 Å². The molecule has 27 heavy (non-hydrogen) atoms. The second kappa shape index (κ2) is 8.06. The van der Waals surface area contributed by atoms with Gasteiger partial charge in [0.05, 0.1) is 0 Å². The average molecular weight is 379 g/mol. The maximum atomic E-state index is 11.8. The van der Waals surface area contributed by atoms with Gasteiger partial charge in [0.25, 0.3) is 0 Å². The van der Waals surface area contributed by atoms with E-state index in [1.54, 1.807) is 0 Å². The SMILES string of the molecule is CC(=O)O[C@@H]1C[C@@H](C)[C@@H]2C[C@@H]2C2=C([C@@H]1[C@H](C)CCC=C(C)C)[C@H](O)O[C@@H]2O. The Kier molecular flexibility index (Phi) is 6.14. The van der Waals surface area contributed by atoms with Crippen molar-refractivity contribution in [1.82, 2.24) is 0 Å². The van der Waals surface area contributed by atoms with Crippen LogP contribution in [0.4, 0.5) is 0 Å². The van der Waals surface area contributed by atoms with E-state index >= 15 is 0 Å². The van der Waals surface area contributed by atoms with Crippen LogP contribution in [-0.2, 0) is 14.3 Å². The first-order valence-corrected chi connectivity index (χ1v) is 10.3. The number of hydrogen-bond acceptors (Lipinski definition) is 5. The molecule has 3 aliphatic rings. The second-order valence-electron chi connectivity index (χ2n) is 8.98. The Morgan fingerprint density at radius 2 is 1.89 bits per heavy atom. The summed E-state index contributed by atoms with van der Waals surface area (Å²) >= 11 is 0. The fourth-order valence-corrected chi connectivity index (χ4v) is 5.22. The first-order chi connectivity index (χ1) is 12.7. The fraction of sp³-hybridized carbons (Fsp3) is 0.773. The highest BCUT2D eigenvalue weighted by Crippen LogP contribution is 2.57. The summed E-state index contributed by atoms with van der Waals surface area (Å²) in [5.74, 6) is 0.932. The average Bonchev–Trinajstić information content (AvgIpc) is 3.26. The minimum atomic E-state index is -1.11. The van der Waals surface area contributed by atoms with Crippen LogP contribution in [0.2, 0.25) is 0 Å². The molecular weight excluding hydrogens is 344 g/mol. The molecule has 0 aromatic heterocycles.